The third-order valence-electron chi connectivity index (χ3n) is 4.74. The highest BCUT2D eigenvalue weighted by atomic mass is 32.1. The van der Waals surface area contributed by atoms with Crippen molar-refractivity contribution in [3.8, 4) is 16.5 Å². The van der Waals surface area contributed by atoms with Gasteiger partial charge in [0, 0.05) is 35.0 Å². The van der Waals surface area contributed by atoms with Crippen molar-refractivity contribution in [1.29, 1.82) is 0 Å². The summed E-state index contributed by atoms with van der Waals surface area (Å²) in [5.41, 5.74) is 1.24. The maximum absolute atomic E-state index is 12.9. The number of benzene rings is 1. The highest BCUT2D eigenvalue weighted by Crippen LogP contribution is 2.28. The summed E-state index contributed by atoms with van der Waals surface area (Å²) in [4.78, 5) is 43.6. The van der Waals surface area contributed by atoms with E-state index >= 15 is 0 Å². The average Bonchev–Trinajstić information content (AvgIpc) is 3.43. The van der Waals surface area contributed by atoms with Gasteiger partial charge >= 0.3 is 0 Å². The Hall–Kier alpha value is -4.12. The molecule has 1 aromatic carbocycles. The average molecular weight is 450 g/mol. The molecular weight excluding hydrogens is 432 g/mol. The topological polar surface area (TPSA) is 136 Å². The number of carbonyl (C=O) groups excluding carboxylic acids is 1. The molecule has 0 radical (unpaired) electrons. The van der Waals surface area contributed by atoms with Crippen molar-refractivity contribution >= 4 is 28.7 Å². The van der Waals surface area contributed by atoms with Gasteiger partial charge in [-0.25, -0.2) is 4.98 Å². The van der Waals surface area contributed by atoms with Crippen LogP contribution in [0.4, 0.5) is 11.5 Å². The maximum Gasteiger partial charge on any atom is 0.273 e. The molecular formula is C21H18N6O4S. The first-order valence-electron chi connectivity index (χ1n) is 9.66. The van der Waals surface area contributed by atoms with Gasteiger partial charge in [0.2, 0.25) is 5.95 Å². The number of hydrogen-bond donors (Lipinski definition) is 2. The fraction of sp³-hybridized carbons (Fsp3) is 0.143. The quantitative estimate of drug-likeness (QED) is 0.339. The lowest BCUT2D eigenvalue weighted by Crippen LogP contribution is -2.19. The Balaban J connectivity index is 1.77. The summed E-state index contributed by atoms with van der Waals surface area (Å²) in [6, 6.07) is 11.1. The Morgan fingerprint density at radius 3 is 2.78 bits per heavy atom. The van der Waals surface area contributed by atoms with E-state index in [1.54, 1.807) is 13.0 Å². The highest BCUT2D eigenvalue weighted by molar-refractivity contribution is 7.13. The standard InChI is InChI=1S/C21H18N6O4S/c1-3-14-10-19(28)24-21(22-14)26-18(11-15(25-26)17-5-4-8-32-17)23-20(29)13-7-6-12(2)16(9-13)27(30)31/h4-11H,3H2,1-2H3,(H,23,29)(H,22,24,28). The summed E-state index contributed by atoms with van der Waals surface area (Å²) in [6.07, 6.45) is 0.546. The minimum absolute atomic E-state index is 0.122. The molecule has 1 amide bonds. The lowest BCUT2D eigenvalue weighted by atomic mass is 10.1. The monoisotopic (exact) mass is 450 g/mol. The molecule has 0 aliphatic heterocycles. The largest absolute Gasteiger partial charge is 0.306 e. The van der Waals surface area contributed by atoms with E-state index in [1.165, 1.54) is 40.3 Å². The minimum atomic E-state index is -0.555. The van der Waals surface area contributed by atoms with Gasteiger partial charge in [-0.2, -0.15) is 9.78 Å². The number of aromatic amines is 1. The number of carbonyl (C=O) groups is 1. The molecule has 11 heteroatoms. The predicted molar refractivity (Wildman–Crippen MR) is 120 cm³/mol. The zero-order chi connectivity index (χ0) is 22.8. The molecule has 3 aromatic heterocycles. The van der Waals surface area contributed by atoms with E-state index in [2.05, 4.69) is 20.4 Å². The number of hydrogen-bond acceptors (Lipinski definition) is 7. The summed E-state index contributed by atoms with van der Waals surface area (Å²) in [5, 5.41) is 20.4. The highest BCUT2D eigenvalue weighted by Gasteiger charge is 2.19. The van der Waals surface area contributed by atoms with E-state index in [0.29, 0.717) is 23.4 Å². The normalized spacial score (nSPS) is 10.8. The van der Waals surface area contributed by atoms with E-state index in [0.717, 1.165) is 4.88 Å². The Morgan fingerprint density at radius 1 is 1.28 bits per heavy atom. The summed E-state index contributed by atoms with van der Waals surface area (Å²) >= 11 is 1.47. The first kappa shape index (κ1) is 21.1. The van der Waals surface area contributed by atoms with Crippen molar-refractivity contribution in [3.63, 3.8) is 0 Å². The van der Waals surface area contributed by atoms with Gasteiger partial charge in [-0.3, -0.25) is 24.7 Å². The van der Waals surface area contributed by atoms with Crippen LogP contribution in [0.1, 0.15) is 28.5 Å². The molecule has 0 aliphatic carbocycles. The summed E-state index contributed by atoms with van der Waals surface area (Å²) in [7, 11) is 0. The molecule has 4 aromatic rings. The number of nitrogens with one attached hydrogen (secondary N) is 2. The van der Waals surface area contributed by atoms with Crippen LogP contribution in [-0.2, 0) is 6.42 Å². The number of anilines is 1. The van der Waals surface area contributed by atoms with Gasteiger partial charge in [-0.15, -0.1) is 11.3 Å². The van der Waals surface area contributed by atoms with E-state index < -0.39 is 10.8 Å². The SMILES string of the molecule is CCc1cc(=O)[nH]c(-n2nc(-c3cccs3)cc2NC(=O)c2ccc(C)c([N+](=O)[O-])c2)n1. The van der Waals surface area contributed by atoms with Gasteiger partial charge in [0.25, 0.3) is 17.2 Å². The van der Waals surface area contributed by atoms with Crippen molar-refractivity contribution in [3.05, 3.63) is 85.1 Å². The van der Waals surface area contributed by atoms with Crippen LogP contribution >= 0.6 is 11.3 Å². The number of aromatic nitrogens is 4. The van der Waals surface area contributed by atoms with Gasteiger partial charge in [0.1, 0.15) is 11.5 Å². The molecule has 3 heterocycles. The number of nitro benzene ring substituents is 1. The van der Waals surface area contributed by atoms with Crippen LogP contribution in [0.15, 0.2) is 52.6 Å². The second-order valence-corrected chi connectivity index (χ2v) is 7.88. The molecule has 10 nitrogen and oxygen atoms in total. The van der Waals surface area contributed by atoms with Crippen LogP contribution in [-0.4, -0.2) is 30.6 Å². The molecule has 162 valence electrons. The van der Waals surface area contributed by atoms with Gasteiger partial charge in [0.15, 0.2) is 0 Å². The van der Waals surface area contributed by atoms with Gasteiger partial charge in [-0.05, 0) is 30.9 Å². The Bertz CT molecular complexity index is 1370. The third kappa shape index (κ3) is 4.18. The summed E-state index contributed by atoms with van der Waals surface area (Å²) in [6.45, 7) is 3.48. The van der Waals surface area contributed by atoms with Gasteiger partial charge in [0.05, 0.1) is 9.80 Å². The second kappa shape index (κ2) is 8.55. The van der Waals surface area contributed by atoms with Crippen LogP contribution in [0.2, 0.25) is 0 Å². The van der Waals surface area contributed by atoms with Crippen LogP contribution in [0.5, 0.6) is 0 Å². The maximum atomic E-state index is 12.9. The van der Waals surface area contributed by atoms with Gasteiger partial charge in [-0.1, -0.05) is 19.1 Å². The predicted octanol–water partition coefficient (Wildman–Crippen LogP) is 3.72. The van der Waals surface area contributed by atoms with E-state index in [4.69, 9.17) is 0 Å². The molecule has 0 spiro atoms. The van der Waals surface area contributed by atoms with Crippen LogP contribution in [0.25, 0.3) is 16.5 Å². The molecule has 4 rings (SSSR count). The fourth-order valence-electron chi connectivity index (χ4n) is 3.09. The Labute approximate surface area is 185 Å². The molecule has 0 atom stereocenters. The smallest absolute Gasteiger partial charge is 0.273 e. The molecule has 32 heavy (non-hydrogen) atoms. The molecule has 0 bridgehead atoms. The molecule has 0 aliphatic rings. The number of rotatable bonds is 6. The minimum Gasteiger partial charge on any atom is -0.306 e. The number of aryl methyl sites for hydroxylation is 2. The summed E-state index contributed by atoms with van der Waals surface area (Å²) in [5.74, 6) is -0.138. The van der Waals surface area contributed by atoms with Crippen molar-refractivity contribution in [1.82, 2.24) is 19.7 Å². The molecule has 0 unspecified atom stereocenters. The lowest BCUT2D eigenvalue weighted by molar-refractivity contribution is -0.385. The van der Waals surface area contributed by atoms with Crippen molar-refractivity contribution < 1.29 is 9.72 Å². The van der Waals surface area contributed by atoms with E-state index in [-0.39, 0.29) is 28.6 Å². The Kier molecular flexibility index (Phi) is 5.65. The second-order valence-electron chi connectivity index (χ2n) is 6.93. The number of nitro groups is 1. The van der Waals surface area contributed by atoms with E-state index in [9.17, 15) is 19.7 Å². The first-order chi connectivity index (χ1) is 15.4. The lowest BCUT2D eigenvalue weighted by Gasteiger charge is -2.09. The van der Waals surface area contributed by atoms with Crippen molar-refractivity contribution in [2.24, 2.45) is 0 Å². The summed E-state index contributed by atoms with van der Waals surface area (Å²) < 4.78 is 1.34. The van der Waals surface area contributed by atoms with Crippen LogP contribution < -0.4 is 10.9 Å². The van der Waals surface area contributed by atoms with Gasteiger partial charge < -0.3 is 5.32 Å². The number of H-pyrrole nitrogens is 1. The number of nitrogens with zero attached hydrogens (tertiary/aromatic N) is 4. The zero-order valence-corrected chi connectivity index (χ0v) is 18.0. The molecule has 0 saturated heterocycles. The molecule has 0 fully saturated rings. The molecule has 2 N–H and O–H groups in total. The van der Waals surface area contributed by atoms with E-state index in [1.807, 2.05) is 24.4 Å². The molecule has 0 saturated carbocycles. The third-order valence-corrected chi connectivity index (χ3v) is 5.63. The Morgan fingerprint density at radius 2 is 2.09 bits per heavy atom. The van der Waals surface area contributed by atoms with Crippen molar-refractivity contribution in [2.75, 3.05) is 5.32 Å². The number of thiophene rings is 1. The first-order valence-corrected chi connectivity index (χ1v) is 10.5. The van der Waals surface area contributed by atoms with Crippen LogP contribution in [0.3, 0.4) is 0 Å². The fourth-order valence-corrected chi connectivity index (χ4v) is 3.77. The van der Waals surface area contributed by atoms with Crippen molar-refractivity contribution in [2.45, 2.75) is 20.3 Å². The zero-order valence-electron chi connectivity index (χ0n) is 17.2. The number of amides is 1. The van der Waals surface area contributed by atoms with Crippen LogP contribution in [0, 0.1) is 17.0 Å².